The van der Waals surface area contributed by atoms with Gasteiger partial charge in [-0.25, -0.2) is 4.98 Å². The first-order valence-electron chi connectivity index (χ1n) is 9.03. The molecular formula is C18H22ClN5OS. The lowest BCUT2D eigenvalue weighted by Crippen LogP contribution is -2.28. The topological polar surface area (TPSA) is 64.7 Å². The van der Waals surface area contributed by atoms with Crippen molar-refractivity contribution < 1.29 is 0 Å². The molecule has 6 nitrogen and oxygen atoms in total. The van der Waals surface area contributed by atoms with Crippen molar-refractivity contribution >= 4 is 39.1 Å². The Morgan fingerprint density at radius 3 is 2.88 bits per heavy atom. The van der Waals surface area contributed by atoms with Gasteiger partial charge in [0.1, 0.15) is 4.83 Å². The number of anilines is 1. The number of halogens is 1. The molecule has 0 atom stereocenters. The Morgan fingerprint density at radius 2 is 2.15 bits per heavy atom. The van der Waals surface area contributed by atoms with Crippen molar-refractivity contribution in [2.24, 2.45) is 0 Å². The van der Waals surface area contributed by atoms with E-state index in [0.29, 0.717) is 24.1 Å². The minimum Gasteiger partial charge on any atom is -0.354 e. The number of nitrogens with zero attached hydrogens (tertiary/aromatic N) is 4. The molecule has 3 aromatic heterocycles. The number of nitrogens with one attached hydrogen (secondary N) is 1. The highest BCUT2D eigenvalue weighted by Crippen LogP contribution is 2.34. The molecule has 8 heteroatoms. The number of aryl methyl sites for hydroxylation is 2. The van der Waals surface area contributed by atoms with Gasteiger partial charge < -0.3 is 5.32 Å². The van der Waals surface area contributed by atoms with Crippen LogP contribution in [0.15, 0.2) is 17.2 Å². The van der Waals surface area contributed by atoms with E-state index in [2.05, 4.69) is 10.4 Å². The van der Waals surface area contributed by atoms with Crippen molar-refractivity contribution in [3.63, 3.8) is 0 Å². The summed E-state index contributed by atoms with van der Waals surface area (Å²) in [6.07, 6.45) is 7.83. The van der Waals surface area contributed by atoms with Crippen molar-refractivity contribution in [3.8, 4) is 0 Å². The molecule has 0 unspecified atom stereocenters. The number of aromatic nitrogens is 4. The monoisotopic (exact) mass is 391 g/mol. The predicted molar refractivity (Wildman–Crippen MR) is 107 cm³/mol. The Hall–Kier alpha value is -1.86. The quantitative estimate of drug-likeness (QED) is 0.716. The Morgan fingerprint density at radius 1 is 1.35 bits per heavy atom. The van der Waals surface area contributed by atoms with Crippen LogP contribution in [-0.4, -0.2) is 25.9 Å². The molecule has 4 rings (SSSR count). The molecule has 3 aromatic rings. The fourth-order valence-corrected chi connectivity index (χ4v) is 4.97. The van der Waals surface area contributed by atoms with Crippen molar-refractivity contribution in [2.75, 3.05) is 11.9 Å². The van der Waals surface area contributed by atoms with Crippen LogP contribution < -0.4 is 10.9 Å². The zero-order valence-electron chi connectivity index (χ0n) is 15.0. The third-order valence-electron chi connectivity index (χ3n) is 4.76. The normalized spacial score (nSPS) is 14.2. The summed E-state index contributed by atoms with van der Waals surface area (Å²) in [5.74, 6) is 0.634. The van der Waals surface area contributed by atoms with Crippen LogP contribution in [-0.2, 0) is 19.4 Å². The molecule has 1 aliphatic rings. The summed E-state index contributed by atoms with van der Waals surface area (Å²) in [7, 11) is 0. The molecule has 138 valence electrons. The van der Waals surface area contributed by atoms with Crippen LogP contribution in [0.4, 0.5) is 5.95 Å². The summed E-state index contributed by atoms with van der Waals surface area (Å²) >= 11 is 7.58. The minimum absolute atomic E-state index is 0.0418. The van der Waals surface area contributed by atoms with Gasteiger partial charge in [-0.1, -0.05) is 11.6 Å². The van der Waals surface area contributed by atoms with Crippen LogP contribution in [0.5, 0.6) is 0 Å². The van der Waals surface area contributed by atoms with Gasteiger partial charge in [0.2, 0.25) is 5.95 Å². The molecule has 0 aromatic carbocycles. The van der Waals surface area contributed by atoms with E-state index in [1.54, 1.807) is 33.0 Å². The van der Waals surface area contributed by atoms with E-state index in [1.165, 1.54) is 16.9 Å². The fraction of sp³-hybridized carbons (Fsp3) is 0.500. The van der Waals surface area contributed by atoms with E-state index < -0.39 is 0 Å². The van der Waals surface area contributed by atoms with Crippen LogP contribution in [0.25, 0.3) is 10.2 Å². The molecule has 0 aliphatic heterocycles. The highest BCUT2D eigenvalue weighted by molar-refractivity contribution is 7.18. The maximum atomic E-state index is 13.2. The molecule has 1 aliphatic carbocycles. The molecule has 0 radical (unpaired) electrons. The van der Waals surface area contributed by atoms with Gasteiger partial charge in [0.05, 0.1) is 23.2 Å². The van der Waals surface area contributed by atoms with E-state index in [9.17, 15) is 4.79 Å². The second-order valence-electron chi connectivity index (χ2n) is 6.94. The average Bonchev–Trinajstić information content (AvgIpc) is 3.17. The third-order valence-corrected chi connectivity index (χ3v) is 6.14. The van der Waals surface area contributed by atoms with E-state index in [0.717, 1.165) is 29.5 Å². The first kappa shape index (κ1) is 17.5. The van der Waals surface area contributed by atoms with E-state index >= 15 is 0 Å². The minimum atomic E-state index is 0.0418. The Balaban J connectivity index is 1.69. The van der Waals surface area contributed by atoms with Crippen LogP contribution in [0.3, 0.4) is 0 Å². The molecule has 0 fully saturated rings. The number of hydrogen-bond donors (Lipinski definition) is 1. The van der Waals surface area contributed by atoms with Gasteiger partial charge in [-0.05, 0) is 45.1 Å². The van der Waals surface area contributed by atoms with Crippen molar-refractivity contribution in [3.05, 3.63) is 38.2 Å². The average molecular weight is 392 g/mol. The van der Waals surface area contributed by atoms with E-state index in [-0.39, 0.29) is 11.6 Å². The summed E-state index contributed by atoms with van der Waals surface area (Å²) in [4.78, 5) is 20.2. The lowest BCUT2D eigenvalue weighted by molar-refractivity contribution is 0.573. The van der Waals surface area contributed by atoms with Crippen molar-refractivity contribution in [2.45, 2.75) is 52.1 Å². The molecule has 0 spiro atoms. The first-order valence-corrected chi connectivity index (χ1v) is 10.2. The lowest BCUT2D eigenvalue weighted by Gasteiger charge is -2.17. The maximum Gasteiger partial charge on any atom is 0.264 e. The number of rotatable bonds is 5. The smallest absolute Gasteiger partial charge is 0.264 e. The number of hydrogen-bond acceptors (Lipinski definition) is 5. The largest absolute Gasteiger partial charge is 0.354 e. The first-order chi connectivity index (χ1) is 12.5. The molecule has 3 heterocycles. The zero-order chi connectivity index (χ0) is 18.3. The Kier molecular flexibility index (Phi) is 4.75. The summed E-state index contributed by atoms with van der Waals surface area (Å²) < 4.78 is 3.55. The zero-order valence-corrected chi connectivity index (χ0v) is 16.5. The summed E-state index contributed by atoms with van der Waals surface area (Å²) in [6.45, 7) is 5.31. The summed E-state index contributed by atoms with van der Waals surface area (Å²) in [5.41, 5.74) is 1.31. The molecule has 0 saturated carbocycles. The maximum absolute atomic E-state index is 13.2. The van der Waals surface area contributed by atoms with Crippen LogP contribution in [0, 0.1) is 0 Å². The Bertz CT molecular complexity index is 1000. The van der Waals surface area contributed by atoms with Crippen LogP contribution >= 0.6 is 22.9 Å². The highest BCUT2D eigenvalue weighted by atomic mass is 35.5. The molecular weight excluding hydrogens is 370 g/mol. The second kappa shape index (κ2) is 7.04. The molecule has 1 N–H and O–H groups in total. The van der Waals surface area contributed by atoms with Gasteiger partial charge in [-0.2, -0.15) is 5.10 Å². The summed E-state index contributed by atoms with van der Waals surface area (Å²) in [6, 6.07) is 0.0418. The van der Waals surface area contributed by atoms with Crippen LogP contribution in [0.2, 0.25) is 5.02 Å². The number of thiophene rings is 1. The standard InChI is InChI=1S/C18H22ClN5OS/c1-11(2)24-17(25)15-13-5-3-4-6-14(13)26-16(15)22-18(24)20-7-8-23-10-12(19)9-21-23/h9-11H,3-8H2,1-2H3,(H,20,22). The molecule has 26 heavy (non-hydrogen) atoms. The van der Waals surface area contributed by atoms with Crippen molar-refractivity contribution in [1.29, 1.82) is 0 Å². The van der Waals surface area contributed by atoms with Gasteiger partial charge in [-0.3, -0.25) is 14.0 Å². The lowest BCUT2D eigenvalue weighted by atomic mass is 9.97. The molecule has 0 amide bonds. The SMILES string of the molecule is CC(C)n1c(NCCn2cc(Cl)cn2)nc2sc3c(c2c1=O)CCCC3. The highest BCUT2D eigenvalue weighted by Gasteiger charge is 2.22. The van der Waals surface area contributed by atoms with Gasteiger partial charge in [0.15, 0.2) is 0 Å². The number of fused-ring (bicyclic) bond motifs is 3. The fourth-order valence-electron chi connectivity index (χ4n) is 3.56. The summed E-state index contributed by atoms with van der Waals surface area (Å²) in [5, 5.41) is 8.95. The molecule has 0 saturated heterocycles. The third kappa shape index (κ3) is 3.14. The van der Waals surface area contributed by atoms with Crippen molar-refractivity contribution in [1.82, 2.24) is 19.3 Å². The molecule has 0 bridgehead atoms. The van der Waals surface area contributed by atoms with Gasteiger partial charge in [0, 0.05) is 23.7 Å². The van der Waals surface area contributed by atoms with Crippen LogP contribution in [0.1, 0.15) is 43.2 Å². The predicted octanol–water partition coefficient (Wildman–Crippen LogP) is 3.88. The van der Waals surface area contributed by atoms with E-state index in [4.69, 9.17) is 16.6 Å². The van der Waals surface area contributed by atoms with Gasteiger partial charge in [0.25, 0.3) is 5.56 Å². The van der Waals surface area contributed by atoms with Gasteiger partial charge >= 0.3 is 0 Å². The Labute approximate surface area is 160 Å². The van der Waals surface area contributed by atoms with E-state index in [1.807, 2.05) is 13.8 Å². The van der Waals surface area contributed by atoms with Gasteiger partial charge in [-0.15, -0.1) is 11.3 Å². The second-order valence-corrected chi connectivity index (χ2v) is 8.46.